The van der Waals surface area contributed by atoms with Gasteiger partial charge in [0.05, 0.1) is 16.6 Å². The predicted molar refractivity (Wildman–Crippen MR) is 123 cm³/mol. The Labute approximate surface area is 177 Å². The van der Waals surface area contributed by atoms with Crippen LogP contribution in [-0.2, 0) is 11.3 Å². The first-order valence-corrected chi connectivity index (χ1v) is 10.4. The van der Waals surface area contributed by atoms with Gasteiger partial charge in [0, 0.05) is 18.7 Å². The van der Waals surface area contributed by atoms with Gasteiger partial charge in [-0.25, -0.2) is 4.98 Å². The number of amides is 1. The Hall–Kier alpha value is -3.34. The summed E-state index contributed by atoms with van der Waals surface area (Å²) >= 11 is 0. The Bertz CT molecular complexity index is 1150. The van der Waals surface area contributed by atoms with E-state index < -0.39 is 0 Å². The molecule has 30 heavy (non-hydrogen) atoms. The zero-order chi connectivity index (χ0) is 21.3. The molecule has 4 aromatic rings. The van der Waals surface area contributed by atoms with Crippen LogP contribution in [0.1, 0.15) is 37.1 Å². The smallest absolute Gasteiger partial charge is 0.225 e. The molecule has 0 aliphatic carbocycles. The zero-order valence-electron chi connectivity index (χ0n) is 18.0. The van der Waals surface area contributed by atoms with E-state index in [1.807, 2.05) is 42.5 Å². The standard InChI is InChI=1S/C25H28N4O/c1-16(2)14-22(30)28-25-23(24-26-20-12-8-9-13-21(20)27-24)17(3)18(4)29(25)15-19-10-6-5-7-11-19/h5-13,16H,14-15H2,1-4H3,(H,26,27)(H,28,30). The van der Waals surface area contributed by atoms with Crippen LogP contribution in [0.25, 0.3) is 22.4 Å². The van der Waals surface area contributed by atoms with E-state index in [0.717, 1.165) is 39.5 Å². The summed E-state index contributed by atoms with van der Waals surface area (Å²) in [6, 6.07) is 18.3. The third-order valence-corrected chi connectivity index (χ3v) is 5.49. The fourth-order valence-corrected chi connectivity index (χ4v) is 3.87. The van der Waals surface area contributed by atoms with Gasteiger partial charge in [-0.1, -0.05) is 56.3 Å². The lowest BCUT2D eigenvalue weighted by Gasteiger charge is -2.15. The summed E-state index contributed by atoms with van der Waals surface area (Å²) in [5.74, 6) is 1.90. The number of fused-ring (bicyclic) bond motifs is 1. The molecule has 0 fully saturated rings. The number of anilines is 1. The molecule has 0 saturated heterocycles. The van der Waals surface area contributed by atoms with Gasteiger partial charge in [-0.3, -0.25) is 4.79 Å². The van der Waals surface area contributed by atoms with Crippen molar-refractivity contribution in [1.29, 1.82) is 0 Å². The lowest BCUT2D eigenvalue weighted by molar-refractivity contribution is -0.116. The lowest BCUT2D eigenvalue weighted by Crippen LogP contribution is -2.18. The minimum Gasteiger partial charge on any atom is -0.338 e. The van der Waals surface area contributed by atoms with E-state index in [1.165, 1.54) is 5.56 Å². The molecular weight excluding hydrogens is 372 g/mol. The van der Waals surface area contributed by atoms with E-state index in [4.69, 9.17) is 4.98 Å². The molecule has 0 aliphatic rings. The summed E-state index contributed by atoms with van der Waals surface area (Å²) in [4.78, 5) is 21.0. The Morgan fingerprint density at radius 3 is 2.47 bits per heavy atom. The molecule has 2 N–H and O–H groups in total. The second-order valence-corrected chi connectivity index (χ2v) is 8.25. The number of imidazole rings is 1. The van der Waals surface area contributed by atoms with Crippen molar-refractivity contribution in [3.63, 3.8) is 0 Å². The topological polar surface area (TPSA) is 62.7 Å². The largest absolute Gasteiger partial charge is 0.338 e. The number of nitrogens with one attached hydrogen (secondary N) is 2. The molecule has 4 rings (SSSR count). The highest BCUT2D eigenvalue weighted by atomic mass is 16.1. The molecule has 2 aromatic heterocycles. The monoisotopic (exact) mass is 400 g/mol. The van der Waals surface area contributed by atoms with Gasteiger partial charge in [0.2, 0.25) is 5.91 Å². The van der Waals surface area contributed by atoms with Crippen LogP contribution in [0.3, 0.4) is 0 Å². The van der Waals surface area contributed by atoms with Crippen molar-refractivity contribution in [2.45, 2.75) is 40.7 Å². The average molecular weight is 401 g/mol. The molecule has 5 heteroatoms. The van der Waals surface area contributed by atoms with E-state index in [-0.39, 0.29) is 5.91 Å². The van der Waals surface area contributed by atoms with Crippen LogP contribution in [0.5, 0.6) is 0 Å². The maximum Gasteiger partial charge on any atom is 0.225 e. The van der Waals surface area contributed by atoms with Crippen LogP contribution in [0, 0.1) is 19.8 Å². The normalized spacial score (nSPS) is 11.4. The first kappa shape index (κ1) is 20.0. The Morgan fingerprint density at radius 1 is 1.07 bits per heavy atom. The predicted octanol–water partition coefficient (Wildman–Crippen LogP) is 5.68. The maximum atomic E-state index is 12.7. The van der Waals surface area contributed by atoms with Gasteiger partial charge in [-0.2, -0.15) is 0 Å². The van der Waals surface area contributed by atoms with Crippen molar-refractivity contribution in [2.75, 3.05) is 5.32 Å². The lowest BCUT2D eigenvalue weighted by atomic mass is 10.1. The second kappa shape index (κ2) is 8.19. The molecule has 0 radical (unpaired) electrons. The van der Waals surface area contributed by atoms with Crippen LogP contribution in [0.2, 0.25) is 0 Å². The molecule has 0 saturated carbocycles. The van der Waals surface area contributed by atoms with Crippen LogP contribution < -0.4 is 5.32 Å². The van der Waals surface area contributed by atoms with Crippen molar-refractivity contribution in [2.24, 2.45) is 5.92 Å². The summed E-state index contributed by atoms with van der Waals surface area (Å²) < 4.78 is 2.19. The maximum absolute atomic E-state index is 12.7. The van der Waals surface area contributed by atoms with Gasteiger partial charge in [0.1, 0.15) is 11.6 Å². The molecule has 0 unspecified atom stereocenters. The molecule has 1 amide bonds. The Kier molecular flexibility index (Phi) is 5.44. The SMILES string of the molecule is Cc1c(-c2nc3ccccc3[nH]2)c(NC(=O)CC(C)C)n(Cc2ccccc2)c1C. The Balaban J connectivity index is 1.85. The number of para-hydroxylation sites is 2. The molecule has 5 nitrogen and oxygen atoms in total. The van der Waals surface area contributed by atoms with Gasteiger partial charge in [0.25, 0.3) is 0 Å². The third kappa shape index (κ3) is 3.88. The van der Waals surface area contributed by atoms with Crippen molar-refractivity contribution in [3.8, 4) is 11.4 Å². The number of aromatic amines is 1. The number of rotatable bonds is 6. The average Bonchev–Trinajstić information content (AvgIpc) is 3.23. The first-order chi connectivity index (χ1) is 14.4. The highest BCUT2D eigenvalue weighted by Crippen LogP contribution is 2.36. The summed E-state index contributed by atoms with van der Waals surface area (Å²) in [6.45, 7) is 8.99. The Morgan fingerprint density at radius 2 is 1.77 bits per heavy atom. The van der Waals surface area contributed by atoms with E-state index in [0.29, 0.717) is 18.9 Å². The van der Waals surface area contributed by atoms with Crippen molar-refractivity contribution in [1.82, 2.24) is 14.5 Å². The van der Waals surface area contributed by atoms with E-state index in [9.17, 15) is 4.79 Å². The number of benzene rings is 2. The van der Waals surface area contributed by atoms with Gasteiger partial charge in [-0.15, -0.1) is 0 Å². The van der Waals surface area contributed by atoms with Gasteiger partial charge < -0.3 is 14.9 Å². The minimum atomic E-state index is 0.0224. The van der Waals surface area contributed by atoms with Crippen LogP contribution in [0.15, 0.2) is 54.6 Å². The third-order valence-electron chi connectivity index (χ3n) is 5.49. The zero-order valence-corrected chi connectivity index (χ0v) is 18.0. The summed E-state index contributed by atoms with van der Waals surface area (Å²) in [5.41, 5.74) is 6.28. The van der Waals surface area contributed by atoms with Crippen LogP contribution in [-0.4, -0.2) is 20.4 Å². The summed E-state index contributed by atoms with van der Waals surface area (Å²) in [6.07, 6.45) is 0.480. The summed E-state index contributed by atoms with van der Waals surface area (Å²) in [5, 5.41) is 3.20. The van der Waals surface area contributed by atoms with Gasteiger partial charge in [0.15, 0.2) is 0 Å². The quantitative estimate of drug-likeness (QED) is 0.437. The molecule has 2 aromatic carbocycles. The number of hydrogen-bond donors (Lipinski definition) is 2. The highest BCUT2D eigenvalue weighted by molar-refractivity contribution is 5.96. The van der Waals surface area contributed by atoms with Crippen LogP contribution in [0.4, 0.5) is 5.82 Å². The highest BCUT2D eigenvalue weighted by Gasteiger charge is 2.23. The number of aromatic nitrogens is 3. The van der Waals surface area contributed by atoms with Gasteiger partial charge in [-0.05, 0) is 43.0 Å². The molecule has 0 bridgehead atoms. The van der Waals surface area contributed by atoms with E-state index >= 15 is 0 Å². The number of hydrogen-bond acceptors (Lipinski definition) is 2. The van der Waals surface area contributed by atoms with Crippen molar-refractivity contribution >= 4 is 22.8 Å². The molecule has 0 atom stereocenters. The second-order valence-electron chi connectivity index (χ2n) is 8.25. The number of H-pyrrole nitrogens is 1. The molecular formula is C25H28N4O. The summed E-state index contributed by atoms with van der Waals surface area (Å²) in [7, 11) is 0. The first-order valence-electron chi connectivity index (χ1n) is 10.4. The fourth-order valence-electron chi connectivity index (χ4n) is 3.87. The van der Waals surface area contributed by atoms with Crippen LogP contribution >= 0.6 is 0 Å². The molecule has 0 aliphatic heterocycles. The van der Waals surface area contributed by atoms with E-state index in [2.05, 4.69) is 54.7 Å². The number of carbonyl (C=O) groups is 1. The molecule has 2 heterocycles. The number of carbonyl (C=O) groups excluding carboxylic acids is 1. The fraction of sp³-hybridized carbons (Fsp3) is 0.280. The molecule has 0 spiro atoms. The van der Waals surface area contributed by atoms with Crippen molar-refractivity contribution < 1.29 is 4.79 Å². The number of nitrogens with zero attached hydrogens (tertiary/aromatic N) is 2. The minimum absolute atomic E-state index is 0.0224. The van der Waals surface area contributed by atoms with Crippen molar-refractivity contribution in [3.05, 3.63) is 71.4 Å². The molecule has 154 valence electrons. The van der Waals surface area contributed by atoms with E-state index in [1.54, 1.807) is 0 Å². The van der Waals surface area contributed by atoms with Gasteiger partial charge >= 0.3 is 0 Å².